The largest absolute Gasteiger partial charge is 0.493 e. The van der Waals surface area contributed by atoms with Crippen molar-refractivity contribution in [3.05, 3.63) is 84.9 Å². The number of carbonyl (C=O) groups excluding carboxylic acids is 1. The Balaban J connectivity index is 1.13. The van der Waals surface area contributed by atoms with Crippen molar-refractivity contribution < 1.29 is 19.0 Å². The smallest absolute Gasteiger partial charge is 0.321 e. The molecule has 9 nitrogen and oxygen atoms in total. The Kier molecular flexibility index (Phi) is 7.54. The topological polar surface area (TPSA) is 89.1 Å². The summed E-state index contributed by atoms with van der Waals surface area (Å²) in [5.41, 5.74) is 2.35. The molecule has 1 N–H and O–H groups in total. The van der Waals surface area contributed by atoms with Crippen molar-refractivity contribution in [2.45, 2.75) is 0 Å². The number of hydrogen-bond acceptors (Lipinski definition) is 7. The first-order valence-corrected chi connectivity index (χ1v) is 12.3. The number of methoxy groups -OCH3 is 2. The Morgan fingerprint density at radius 3 is 2.13 bits per heavy atom. The van der Waals surface area contributed by atoms with Crippen LogP contribution >= 0.6 is 0 Å². The molecule has 1 aliphatic heterocycles. The van der Waals surface area contributed by atoms with E-state index in [9.17, 15) is 4.79 Å². The molecule has 0 atom stereocenters. The van der Waals surface area contributed by atoms with Gasteiger partial charge < -0.3 is 29.3 Å². The Morgan fingerprint density at radius 1 is 0.763 bits per heavy atom. The van der Waals surface area contributed by atoms with Crippen molar-refractivity contribution in [3.8, 4) is 34.3 Å². The number of rotatable bonds is 7. The Bertz CT molecular complexity index is 1360. The molecule has 0 radical (unpaired) electrons. The van der Waals surface area contributed by atoms with E-state index >= 15 is 0 Å². The van der Waals surface area contributed by atoms with Crippen LogP contribution in [0.15, 0.2) is 84.9 Å². The zero-order valence-electron chi connectivity index (χ0n) is 21.3. The van der Waals surface area contributed by atoms with Crippen LogP contribution in [0.2, 0.25) is 0 Å². The summed E-state index contributed by atoms with van der Waals surface area (Å²) < 4.78 is 16.5. The van der Waals surface area contributed by atoms with Crippen molar-refractivity contribution in [2.75, 3.05) is 50.6 Å². The first kappa shape index (κ1) is 24.9. The standard InChI is InChI=1S/C29H29N5O4/c1-36-26-14-8-21(20-27(26)37-2)25-13-15-28(32-31-25)33-16-18-34(19-17-33)29(35)30-22-9-11-24(12-10-22)38-23-6-4-3-5-7-23/h3-15,20H,16-19H2,1-2H3,(H,30,35). The van der Waals surface area contributed by atoms with Gasteiger partial charge in [0.2, 0.25) is 0 Å². The van der Waals surface area contributed by atoms with Crippen LogP contribution in [0.5, 0.6) is 23.0 Å². The fraction of sp³-hybridized carbons (Fsp3) is 0.207. The van der Waals surface area contributed by atoms with Crippen molar-refractivity contribution in [2.24, 2.45) is 0 Å². The van der Waals surface area contributed by atoms with Crippen molar-refractivity contribution >= 4 is 17.5 Å². The number of carbonyl (C=O) groups is 1. The number of nitrogens with one attached hydrogen (secondary N) is 1. The van der Waals surface area contributed by atoms with Gasteiger partial charge in [-0.05, 0) is 66.7 Å². The molecule has 0 spiro atoms. The first-order chi connectivity index (χ1) is 18.6. The van der Waals surface area contributed by atoms with Crippen molar-refractivity contribution in [1.29, 1.82) is 0 Å². The molecule has 0 aliphatic carbocycles. The summed E-state index contributed by atoms with van der Waals surface area (Å²) in [6, 6.07) is 26.3. The number of benzene rings is 3. The van der Waals surface area contributed by atoms with Crippen LogP contribution < -0.4 is 24.4 Å². The zero-order valence-corrected chi connectivity index (χ0v) is 21.3. The van der Waals surface area contributed by atoms with Crippen molar-refractivity contribution in [3.63, 3.8) is 0 Å². The summed E-state index contributed by atoms with van der Waals surface area (Å²) >= 11 is 0. The molecule has 2 amide bonds. The molecule has 1 aliphatic rings. The maximum Gasteiger partial charge on any atom is 0.321 e. The minimum atomic E-state index is -0.128. The molecule has 38 heavy (non-hydrogen) atoms. The second-order valence-corrected chi connectivity index (χ2v) is 8.69. The van der Waals surface area contributed by atoms with Crippen LogP contribution in [0.3, 0.4) is 0 Å². The van der Waals surface area contributed by atoms with E-state index in [1.54, 1.807) is 19.1 Å². The number of hydrogen-bond donors (Lipinski definition) is 1. The van der Waals surface area contributed by atoms with E-state index in [1.807, 2.05) is 84.9 Å². The lowest BCUT2D eigenvalue weighted by molar-refractivity contribution is 0.208. The second-order valence-electron chi connectivity index (χ2n) is 8.69. The minimum absolute atomic E-state index is 0.128. The number of para-hydroxylation sites is 1. The van der Waals surface area contributed by atoms with Gasteiger partial charge in [0.15, 0.2) is 17.3 Å². The molecular weight excluding hydrogens is 482 g/mol. The number of anilines is 2. The minimum Gasteiger partial charge on any atom is -0.493 e. The van der Waals surface area contributed by atoms with Crippen LogP contribution in [0.4, 0.5) is 16.3 Å². The van der Waals surface area contributed by atoms with Crippen molar-refractivity contribution in [1.82, 2.24) is 15.1 Å². The summed E-state index contributed by atoms with van der Waals surface area (Å²) in [4.78, 5) is 16.7. The summed E-state index contributed by atoms with van der Waals surface area (Å²) in [7, 11) is 3.21. The van der Waals surface area contributed by atoms with Crippen LogP contribution in [-0.4, -0.2) is 61.5 Å². The van der Waals surface area contributed by atoms with Gasteiger partial charge in [-0.15, -0.1) is 10.2 Å². The molecule has 0 bridgehead atoms. The highest BCUT2D eigenvalue weighted by molar-refractivity contribution is 5.89. The Morgan fingerprint density at radius 2 is 1.47 bits per heavy atom. The fourth-order valence-electron chi connectivity index (χ4n) is 4.22. The third-order valence-corrected chi connectivity index (χ3v) is 6.31. The number of aromatic nitrogens is 2. The predicted molar refractivity (Wildman–Crippen MR) is 146 cm³/mol. The Labute approximate surface area is 221 Å². The molecule has 3 aromatic carbocycles. The molecule has 1 saturated heterocycles. The number of piperazine rings is 1. The normalized spacial score (nSPS) is 13.1. The highest BCUT2D eigenvalue weighted by atomic mass is 16.5. The van der Waals surface area contributed by atoms with E-state index in [0.29, 0.717) is 43.4 Å². The molecule has 5 rings (SSSR count). The second kappa shape index (κ2) is 11.5. The van der Waals surface area contributed by atoms with E-state index in [-0.39, 0.29) is 6.03 Å². The number of nitrogens with zero attached hydrogens (tertiary/aromatic N) is 4. The van der Waals surface area contributed by atoms with E-state index in [1.165, 1.54) is 0 Å². The molecule has 1 fully saturated rings. The van der Waals surface area contributed by atoms with Gasteiger partial charge >= 0.3 is 6.03 Å². The molecule has 4 aromatic rings. The number of urea groups is 1. The average molecular weight is 512 g/mol. The van der Waals surface area contributed by atoms with E-state index in [4.69, 9.17) is 14.2 Å². The van der Waals surface area contributed by atoms with Gasteiger partial charge in [-0.1, -0.05) is 18.2 Å². The molecule has 2 heterocycles. The summed E-state index contributed by atoms with van der Waals surface area (Å²) in [6.07, 6.45) is 0. The lowest BCUT2D eigenvalue weighted by Crippen LogP contribution is -2.50. The highest BCUT2D eigenvalue weighted by Crippen LogP contribution is 2.31. The van der Waals surface area contributed by atoms with E-state index in [2.05, 4.69) is 20.4 Å². The van der Waals surface area contributed by atoms with Gasteiger partial charge in [0.05, 0.1) is 19.9 Å². The third kappa shape index (κ3) is 5.78. The lowest BCUT2D eigenvalue weighted by atomic mass is 10.1. The Hall–Kier alpha value is -4.79. The molecular formula is C29H29N5O4. The fourth-order valence-corrected chi connectivity index (χ4v) is 4.22. The molecule has 1 aromatic heterocycles. The van der Waals surface area contributed by atoms with E-state index < -0.39 is 0 Å². The number of amides is 2. The molecule has 9 heteroatoms. The van der Waals surface area contributed by atoms with Gasteiger partial charge in [-0.3, -0.25) is 0 Å². The van der Waals surface area contributed by atoms with Gasteiger partial charge in [0.25, 0.3) is 0 Å². The predicted octanol–water partition coefficient (Wildman–Crippen LogP) is 5.31. The lowest BCUT2D eigenvalue weighted by Gasteiger charge is -2.35. The van der Waals surface area contributed by atoms with Gasteiger partial charge in [0.1, 0.15) is 11.5 Å². The zero-order chi connectivity index (χ0) is 26.3. The average Bonchev–Trinajstić information content (AvgIpc) is 2.98. The van der Waals surface area contributed by atoms with Gasteiger partial charge in [-0.25, -0.2) is 4.79 Å². The molecule has 0 saturated carbocycles. The summed E-state index contributed by atoms with van der Waals surface area (Å²) in [5, 5.41) is 11.8. The SMILES string of the molecule is COc1ccc(-c2ccc(N3CCN(C(=O)Nc4ccc(Oc5ccccc5)cc4)CC3)nn2)cc1OC. The summed E-state index contributed by atoms with van der Waals surface area (Å²) in [5.74, 6) is 3.56. The summed E-state index contributed by atoms with van der Waals surface area (Å²) in [6.45, 7) is 2.50. The van der Waals surface area contributed by atoms with Gasteiger partial charge in [0, 0.05) is 37.4 Å². The molecule has 0 unspecified atom stereocenters. The monoisotopic (exact) mass is 511 g/mol. The molecule has 194 valence electrons. The first-order valence-electron chi connectivity index (χ1n) is 12.3. The van der Waals surface area contributed by atoms with Crippen LogP contribution in [0, 0.1) is 0 Å². The van der Waals surface area contributed by atoms with Crippen LogP contribution in [-0.2, 0) is 0 Å². The third-order valence-electron chi connectivity index (χ3n) is 6.31. The van der Waals surface area contributed by atoms with Crippen LogP contribution in [0.1, 0.15) is 0 Å². The number of ether oxygens (including phenoxy) is 3. The quantitative estimate of drug-likeness (QED) is 0.360. The highest BCUT2D eigenvalue weighted by Gasteiger charge is 2.22. The maximum atomic E-state index is 12.8. The van der Waals surface area contributed by atoms with Gasteiger partial charge in [-0.2, -0.15) is 0 Å². The maximum absolute atomic E-state index is 12.8. The van der Waals surface area contributed by atoms with Crippen LogP contribution in [0.25, 0.3) is 11.3 Å². The van der Waals surface area contributed by atoms with E-state index in [0.717, 1.165) is 28.5 Å².